The molecule has 0 saturated carbocycles. The van der Waals surface area contributed by atoms with Crippen molar-refractivity contribution in [3.05, 3.63) is 74.1 Å². The Morgan fingerprint density at radius 1 is 0.611 bits per heavy atom. The topological polar surface area (TPSA) is 24.1 Å². The van der Waals surface area contributed by atoms with Gasteiger partial charge >= 0.3 is 0 Å². The molecule has 90 valence electrons. The van der Waals surface area contributed by atoms with Crippen molar-refractivity contribution < 1.29 is 0 Å². The molecule has 0 unspecified atom stereocenters. The highest BCUT2D eigenvalue weighted by atomic mass is 14.8. The van der Waals surface area contributed by atoms with Crippen molar-refractivity contribution in [2.24, 2.45) is 0 Å². The predicted molar refractivity (Wildman–Crippen MR) is 79.5 cm³/mol. The van der Waals surface area contributed by atoms with Crippen LogP contribution in [0.4, 0.5) is 11.4 Å². The number of nitrogens with one attached hydrogen (secondary N) is 2. The molecule has 2 nitrogen and oxygen atoms in total. The first-order valence-corrected chi connectivity index (χ1v) is 5.79. The van der Waals surface area contributed by atoms with E-state index in [0.717, 1.165) is 11.4 Å². The van der Waals surface area contributed by atoms with E-state index >= 15 is 0 Å². The molecule has 0 aliphatic heterocycles. The zero-order valence-electron chi connectivity index (χ0n) is 10.2. The second kappa shape index (κ2) is 5.73. The summed E-state index contributed by atoms with van der Waals surface area (Å²) < 4.78 is 0. The average molecular weight is 236 g/mol. The summed E-state index contributed by atoms with van der Waals surface area (Å²) in [6, 6.07) is 16.5. The Morgan fingerprint density at radius 3 is 1.22 bits per heavy atom. The summed E-state index contributed by atoms with van der Waals surface area (Å²) in [5.41, 5.74) is 4.46. The summed E-state index contributed by atoms with van der Waals surface area (Å²) in [5, 5.41) is 6.11. The molecule has 2 N–H and O–H groups in total. The molecule has 2 rings (SSSR count). The molecular weight excluding hydrogens is 220 g/mol. The van der Waals surface area contributed by atoms with Gasteiger partial charge in [-0.1, -0.05) is 37.4 Å². The highest BCUT2D eigenvalue weighted by Crippen LogP contribution is 2.23. The third-order valence-corrected chi connectivity index (χ3v) is 2.64. The number of hydrogen-bond donors (Lipinski definition) is 2. The molecule has 0 amide bonds. The maximum Gasteiger partial charge on any atom is 0.0379 e. The van der Waals surface area contributed by atoms with Gasteiger partial charge in [-0.15, -0.1) is 0 Å². The Morgan fingerprint density at radius 2 is 0.944 bits per heavy atom. The van der Waals surface area contributed by atoms with Crippen LogP contribution in [0.1, 0.15) is 0 Å². The summed E-state index contributed by atoms with van der Waals surface area (Å²) in [4.78, 5) is 0. The van der Waals surface area contributed by atoms with E-state index in [-0.39, 0.29) is 0 Å². The Hall–Kier alpha value is -2.48. The molecule has 0 heterocycles. The van der Waals surface area contributed by atoms with Crippen molar-refractivity contribution in [2.45, 2.75) is 0 Å². The molecule has 2 aromatic rings. The monoisotopic (exact) mass is 236 g/mol. The van der Waals surface area contributed by atoms with Crippen molar-refractivity contribution in [3.8, 4) is 11.1 Å². The lowest BCUT2D eigenvalue weighted by Gasteiger charge is -2.06. The van der Waals surface area contributed by atoms with E-state index in [1.165, 1.54) is 11.1 Å². The van der Waals surface area contributed by atoms with Gasteiger partial charge in [0.15, 0.2) is 0 Å². The summed E-state index contributed by atoms with van der Waals surface area (Å²) in [7, 11) is 0. The molecule has 18 heavy (non-hydrogen) atoms. The number of anilines is 2. The van der Waals surface area contributed by atoms with Gasteiger partial charge in [0, 0.05) is 11.4 Å². The Bertz CT molecular complexity index is 473. The minimum atomic E-state index is 1.04. The van der Waals surface area contributed by atoms with Gasteiger partial charge in [-0.2, -0.15) is 0 Å². The quantitative estimate of drug-likeness (QED) is 0.800. The highest BCUT2D eigenvalue weighted by molar-refractivity contribution is 5.68. The van der Waals surface area contributed by atoms with E-state index in [1.54, 1.807) is 12.4 Å². The second-order valence-corrected chi connectivity index (χ2v) is 3.85. The van der Waals surface area contributed by atoms with Crippen LogP contribution in [0, 0.1) is 0 Å². The van der Waals surface area contributed by atoms with E-state index in [4.69, 9.17) is 0 Å². The molecule has 0 aromatic heterocycles. The minimum Gasteiger partial charge on any atom is -0.362 e. The first-order chi connectivity index (χ1) is 8.83. The fraction of sp³-hybridized carbons (Fsp3) is 0. The SMILES string of the molecule is C=CNc1ccc(-c2ccc(NC=C)cc2)cc1. The maximum atomic E-state index is 3.64. The number of rotatable bonds is 5. The van der Waals surface area contributed by atoms with Crippen LogP contribution in [0.25, 0.3) is 11.1 Å². The summed E-state index contributed by atoms with van der Waals surface area (Å²) in [6.45, 7) is 7.28. The number of benzene rings is 2. The Balaban J connectivity index is 2.19. The van der Waals surface area contributed by atoms with Crippen LogP contribution < -0.4 is 10.6 Å². The highest BCUT2D eigenvalue weighted by Gasteiger charge is 1.97. The van der Waals surface area contributed by atoms with Gasteiger partial charge in [0.1, 0.15) is 0 Å². The smallest absolute Gasteiger partial charge is 0.0379 e. The molecule has 2 aromatic carbocycles. The molecular formula is C16H16N2. The van der Waals surface area contributed by atoms with Crippen LogP contribution in [0.2, 0.25) is 0 Å². The van der Waals surface area contributed by atoms with Gasteiger partial charge < -0.3 is 10.6 Å². The van der Waals surface area contributed by atoms with Crippen molar-refractivity contribution >= 4 is 11.4 Å². The Kier molecular flexibility index (Phi) is 3.82. The molecule has 2 heteroatoms. The van der Waals surface area contributed by atoms with Gasteiger partial charge in [0.2, 0.25) is 0 Å². The zero-order chi connectivity index (χ0) is 12.8. The molecule has 0 aliphatic carbocycles. The molecule has 0 radical (unpaired) electrons. The molecule has 0 saturated heterocycles. The first kappa shape index (κ1) is 12.0. The van der Waals surface area contributed by atoms with Crippen molar-refractivity contribution in [3.63, 3.8) is 0 Å². The van der Waals surface area contributed by atoms with Crippen LogP contribution >= 0.6 is 0 Å². The van der Waals surface area contributed by atoms with E-state index in [0.29, 0.717) is 0 Å². The average Bonchev–Trinajstić information content (AvgIpc) is 2.41. The van der Waals surface area contributed by atoms with Gasteiger partial charge in [0.25, 0.3) is 0 Å². The van der Waals surface area contributed by atoms with E-state index in [2.05, 4.69) is 48.1 Å². The molecule has 0 aliphatic rings. The lowest BCUT2D eigenvalue weighted by molar-refractivity contribution is 1.55. The standard InChI is InChI=1S/C16H16N2/c1-3-17-15-9-5-13(6-10-15)14-7-11-16(12-8-14)18-4-2/h3-12,17-18H,1-2H2. The van der Waals surface area contributed by atoms with Crippen molar-refractivity contribution in [1.82, 2.24) is 0 Å². The molecule has 0 atom stereocenters. The number of hydrogen-bond acceptors (Lipinski definition) is 2. The van der Waals surface area contributed by atoms with Gasteiger partial charge in [0.05, 0.1) is 0 Å². The van der Waals surface area contributed by atoms with Crippen LogP contribution in [0.5, 0.6) is 0 Å². The molecule has 0 fully saturated rings. The van der Waals surface area contributed by atoms with E-state index in [1.807, 2.05) is 24.3 Å². The lowest BCUT2D eigenvalue weighted by atomic mass is 10.1. The predicted octanol–water partition coefficient (Wildman–Crippen LogP) is 4.46. The fourth-order valence-electron chi connectivity index (χ4n) is 1.75. The van der Waals surface area contributed by atoms with Gasteiger partial charge in [-0.05, 0) is 47.8 Å². The van der Waals surface area contributed by atoms with Crippen molar-refractivity contribution in [2.75, 3.05) is 10.6 Å². The third-order valence-electron chi connectivity index (χ3n) is 2.64. The van der Waals surface area contributed by atoms with E-state index in [9.17, 15) is 0 Å². The maximum absolute atomic E-state index is 3.64. The minimum absolute atomic E-state index is 1.04. The molecule has 0 bridgehead atoms. The second-order valence-electron chi connectivity index (χ2n) is 3.85. The summed E-state index contributed by atoms with van der Waals surface area (Å²) in [6.07, 6.45) is 3.34. The van der Waals surface area contributed by atoms with Gasteiger partial charge in [-0.25, -0.2) is 0 Å². The largest absolute Gasteiger partial charge is 0.362 e. The normalized spacial score (nSPS) is 9.56. The van der Waals surface area contributed by atoms with Gasteiger partial charge in [-0.3, -0.25) is 0 Å². The van der Waals surface area contributed by atoms with Crippen LogP contribution in [-0.4, -0.2) is 0 Å². The lowest BCUT2D eigenvalue weighted by Crippen LogP contribution is -1.87. The fourth-order valence-corrected chi connectivity index (χ4v) is 1.75. The van der Waals surface area contributed by atoms with Crippen LogP contribution in [0.15, 0.2) is 74.1 Å². The zero-order valence-corrected chi connectivity index (χ0v) is 10.2. The molecule has 0 spiro atoms. The third kappa shape index (κ3) is 2.80. The van der Waals surface area contributed by atoms with Crippen LogP contribution in [0.3, 0.4) is 0 Å². The van der Waals surface area contributed by atoms with E-state index < -0.39 is 0 Å². The Labute approximate surface area is 108 Å². The first-order valence-electron chi connectivity index (χ1n) is 5.79. The summed E-state index contributed by atoms with van der Waals surface area (Å²) >= 11 is 0. The van der Waals surface area contributed by atoms with Crippen LogP contribution in [-0.2, 0) is 0 Å². The van der Waals surface area contributed by atoms with Crippen molar-refractivity contribution in [1.29, 1.82) is 0 Å². The summed E-state index contributed by atoms with van der Waals surface area (Å²) in [5.74, 6) is 0.